The Morgan fingerprint density at radius 2 is 2.12 bits per heavy atom. The van der Waals surface area contributed by atoms with Crippen molar-refractivity contribution in [1.29, 1.82) is 5.26 Å². The molecule has 0 saturated heterocycles. The summed E-state index contributed by atoms with van der Waals surface area (Å²) in [5.74, 6) is -0.845. The molecule has 0 aliphatic carbocycles. The predicted octanol–water partition coefficient (Wildman–Crippen LogP) is 2.61. The number of anilines is 1. The fourth-order valence-electron chi connectivity index (χ4n) is 1.51. The molecule has 1 rings (SSSR count). The van der Waals surface area contributed by atoms with Crippen molar-refractivity contribution >= 4 is 11.7 Å². The summed E-state index contributed by atoms with van der Waals surface area (Å²) in [5, 5.41) is 20.7. The molecule has 0 aliphatic rings. The summed E-state index contributed by atoms with van der Waals surface area (Å²) in [5.41, 5.74) is 1.29. The molecule has 1 atom stereocenters. The quantitative estimate of drug-likeness (QED) is 0.790. The molecule has 0 radical (unpaired) electrons. The molecule has 0 bridgehead atoms. The Bertz CT molecular complexity index is 406. The number of carbonyl (C=O) groups is 1. The first-order valence-electron chi connectivity index (χ1n) is 5.67. The number of rotatable bonds is 6. The molecule has 0 aromatic heterocycles. The minimum atomic E-state index is -0.845. The van der Waals surface area contributed by atoms with Gasteiger partial charge in [0.05, 0.1) is 11.6 Å². The van der Waals surface area contributed by atoms with E-state index in [-0.39, 0.29) is 0 Å². The average molecular weight is 232 g/mol. The maximum atomic E-state index is 11.0. The van der Waals surface area contributed by atoms with Gasteiger partial charge in [-0.25, -0.2) is 4.79 Å². The zero-order chi connectivity index (χ0) is 12.7. The van der Waals surface area contributed by atoms with E-state index in [1.807, 2.05) is 13.0 Å². The Morgan fingerprint density at radius 1 is 1.47 bits per heavy atom. The van der Waals surface area contributed by atoms with Crippen molar-refractivity contribution in [1.82, 2.24) is 0 Å². The SMILES string of the molecule is CCCC[C@H](Nc1ccc(C#N)cc1)C(=O)O. The summed E-state index contributed by atoms with van der Waals surface area (Å²) in [6.45, 7) is 2.03. The number of nitrogens with one attached hydrogen (secondary N) is 1. The highest BCUT2D eigenvalue weighted by atomic mass is 16.4. The van der Waals surface area contributed by atoms with Crippen molar-refractivity contribution in [3.05, 3.63) is 29.8 Å². The van der Waals surface area contributed by atoms with Gasteiger partial charge in [-0.1, -0.05) is 19.8 Å². The van der Waals surface area contributed by atoms with Crippen LogP contribution < -0.4 is 5.32 Å². The summed E-state index contributed by atoms with van der Waals surface area (Å²) >= 11 is 0. The molecule has 17 heavy (non-hydrogen) atoms. The minimum Gasteiger partial charge on any atom is -0.480 e. The highest BCUT2D eigenvalue weighted by Crippen LogP contribution is 2.13. The van der Waals surface area contributed by atoms with E-state index in [2.05, 4.69) is 5.32 Å². The zero-order valence-electron chi connectivity index (χ0n) is 9.81. The molecule has 0 spiro atoms. The first-order valence-corrected chi connectivity index (χ1v) is 5.67. The van der Waals surface area contributed by atoms with Gasteiger partial charge in [0.2, 0.25) is 0 Å². The maximum Gasteiger partial charge on any atom is 0.326 e. The summed E-state index contributed by atoms with van der Waals surface area (Å²) in [6, 6.07) is 8.23. The molecule has 4 nitrogen and oxygen atoms in total. The summed E-state index contributed by atoms with van der Waals surface area (Å²) in [7, 11) is 0. The minimum absolute atomic E-state index is 0.566. The van der Waals surface area contributed by atoms with E-state index >= 15 is 0 Å². The number of benzene rings is 1. The normalized spacial score (nSPS) is 11.5. The Kier molecular flexibility index (Phi) is 5.02. The number of hydrogen-bond donors (Lipinski definition) is 2. The van der Waals surface area contributed by atoms with Crippen LogP contribution in [0.25, 0.3) is 0 Å². The van der Waals surface area contributed by atoms with Gasteiger partial charge in [0.25, 0.3) is 0 Å². The van der Waals surface area contributed by atoms with Crippen LogP contribution in [-0.4, -0.2) is 17.1 Å². The number of unbranched alkanes of at least 4 members (excludes halogenated alkanes) is 1. The van der Waals surface area contributed by atoms with Gasteiger partial charge < -0.3 is 10.4 Å². The Labute approximate surface area is 101 Å². The maximum absolute atomic E-state index is 11.0. The van der Waals surface area contributed by atoms with E-state index in [0.29, 0.717) is 12.0 Å². The van der Waals surface area contributed by atoms with Crippen LogP contribution in [0.15, 0.2) is 24.3 Å². The van der Waals surface area contributed by atoms with Gasteiger partial charge in [-0.2, -0.15) is 5.26 Å². The standard InChI is InChI=1S/C13H16N2O2/c1-2-3-4-12(13(16)17)15-11-7-5-10(9-14)6-8-11/h5-8,12,15H,2-4H2,1H3,(H,16,17)/t12-/m0/s1. The van der Waals surface area contributed by atoms with Crippen LogP contribution in [0.1, 0.15) is 31.7 Å². The lowest BCUT2D eigenvalue weighted by molar-refractivity contribution is -0.138. The summed E-state index contributed by atoms with van der Waals surface area (Å²) in [4.78, 5) is 11.0. The number of hydrogen-bond acceptors (Lipinski definition) is 3. The molecule has 0 heterocycles. The van der Waals surface area contributed by atoms with E-state index in [1.165, 1.54) is 0 Å². The van der Waals surface area contributed by atoms with Crippen molar-refractivity contribution in [3.8, 4) is 6.07 Å². The Hall–Kier alpha value is -2.02. The van der Waals surface area contributed by atoms with Crippen molar-refractivity contribution < 1.29 is 9.90 Å². The second-order valence-corrected chi connectivity index (χ2v) is 3.87. The molecule has 0 saturated carbocycles. The van der Waals surface area contributed by atoms with Gasteiger partial charge in [-0.15, -0.1) is 0 Å². The van der Waals surface area contributed by atoms with E-state index in [0.717, 1.165) is 18.5 Å². The van der Waals surface area contributed by atoms with Gasteiger partial charge in [-0.3, -0.25) is 0 Å². The third-order valence-corrected chi connectivity index (χ3v) is 2.50. The third kappa shape index (κ3) is 4.15. The molecule has 2 N–H and O–H groups in total. The van der Waals surface area contributed by atoms with E-state index in [9.17, 15) is 4.79 Å². The highest BCUT2D eigenvalue weighted by molar-refractivity contribution is 5.77. The topological polar surface area (TPSA) is 73.1 Å². The van der Waals surface area contributed by atoms with Crippen LogP contribution >= 0.6 is 0 Å². The van der Waals surface area contributed by atoms with Crippen LogP contribution in [-0.2, 0) is 4.79 Å². The van der Waals surface area contributed by atoms with Crippen molar-refractivity contribution in [2.24, 2.45) is 0 Å². The predicted molar refractivity (Wildman–Crippen MR) is 65.7 cm³/mol. The van der Waals surface area contributed by atoms with Crippen LogP contribution in [0.5, 0.6) is 0 Å². The molecule has 0 aliphatic heterocycles. The molecule has 4 heteroatoms. The molecule has 0 fully saturated rings. The van der Waals surface area contributed by atoms with Gasteiger partial charge in [0.15, 0.2) is 0 Å². The molecule has 1 aromatic rings. The number of nitriles is 1. The molecule has 0 amide bonds. The fraction of sp³-hybridized carbons (Fsp3) is 0.385. The van der Waals surface area contributed by atoms with Gasteiger partial charge >= 0.3 is 5.97 Å². The van der Waals surface area contributed by atoms with Crippen LogP contribution in [0.4, 0.5) is 5.69 Å². The van der Waals surface area contributed by atoms with Crippen molar-refractivity contribution in [3.63, 3.8) is 0 Å². The Balaban J connectivity index is 2.65. The van der Waals surface area contributed by atoms with Crippen LogP contribution in [0.2, 0.25) is 0 Å². The van der Waals surface area contributed by atoms with Gasteiger partial charge in [0, 0.05) is 5.69 Å². The van der Waals surface area contributed by atoms with Crippen molar-refractivity contribution in [2.75, 3.05) is 5.32 Å². The zero-order valence-corrected chi connectivity index (χ0v) is 9.81. The molecular weight excluding hydrogens is 216 g/mol. The first-order chi connectivity index (χ1) is 8.17. The fourth-order valence-corrected chi connectivity index (χ4v) is 1.51. The number of nitrogens with zero attached hydrogens (tertiary/aromatic N) is 1. The van der Waals surface area contributed by atoms with Crippen LogP contribution in [0.3, 0.4) is 0 Å². The average Bonchev–Trinajstić information content (AvgIpc) is 2.35. The van der Waals surface area contributed by atoms with E-state index < -0.39 is 12.0 Å². The third-order valence-electron chi connectivity index (χ3n) is 2.50. The summed E-state index contributed by atoms with van der Waals surface area (Å²) < 4.78 is 0. The number of aliphatic carboxylic acids is 1. The Morgan fingerprint density at radius 3 is 2.59 bits per heavy atom. The lowest BCUT2D eigenvalue weighted by atomic mass is 10.1. The number of carboxylic acid groups (broad SMARTS) is 1. The van der Waals surface area contributed by atoms with Crippen molar-refractivity contribution in [2.45, 2.75) is 32.2 Å². The highest BCUT2D eigenvalue weighted by Gasteiger charge is 2.15. The monoisotopic (exact) mass is 232 g/mol. The lowest BCUT2D eigenvalue weighted by Crippen LogP contribution is -2.29. The number of carboxylic acids is 1. The molecule has 90 valence electrons. The summed E-state index contributed by atoms with van der Waals surface area (Å²) in [6.07, 6.45) is 2.45. The second kappa shape index (κ2) is 6.54. The smallest absolute Gasteiger partial charge is 0.326 e. The molecular formula is C13H16N2O2. The van der Waals surface area contributed by atoms with E-state index in [4.69, 9.17) is 10.4 Å². The van der Waals surface area contributed by atoms with Gasteiger partial charge in [-0.05, 0) is 30.7 Å². The van der Waals surface area contributed by atoms with Gasteiger partial charge in [0.1, 0.15) is 6.04 Å². The first kappa shape index (κ1) is 13.0. The van der Waals surface area contributed by atoms with E-state index in [1.54, 1.807) is 24.3 Å². The van der Waals surface area contributed by atoms with Crippen LogP contribution in [0, 0.1) is 11.3 Å². The molecule has 1 aromatic carbocycles. The second-order valence-electron chi connectivity index (χ2n) is 3.87. The molecule has 0 unspecified atom stereocenters. The largest absolute Gasteiger partial charge is 0.480 e. The lowest BCUT2D eigenvalue weighted by Gasteiger charge is -2.15.